The third-order valence-electron chi connectivity index (χ3n) is 6.02. The lowest BCUT2D eigenvalue weighted by atomic mass is 10.0. The van der Waals surface area contributed by atoms with Crippen molar-refractivity contribution in [1.29, 1.82) is 0 Å². The molecule has 0 aliphatic heterocycles. The zero-order chi connectivity index (χ0) is 25.2. The van der Waals surface area contributed by atoms with Crippen molar-refractivity contribution in [2.75, 3.05) is 32.5 Å². The van der Waals surface area contributed by atoms with Gasteiger partial charge in [-0.25, -0.2) is 13.9 Å². The van der Waals surface area contributed by atoms with E-state index in [1.54, 1.807) is 28.9 Å². The van der Waals surface area contributed by atoms with Crippen molar-refractivity contribution in [3.05, 3.63) is 71.7 Å². The third kappa shape index (κ3) is 5.31. The first-order chi connectivity index (χ1) is 17.4. The third-order valence-corrected chi connectivity index (χ3v) is 6.02. The number of likely N-dealkylation sites (N-methyl/N-ethyl adjacent to an activating group) is 1. The van der Waals surface area contributed by atoms with Crippen LogP contribution in [0.25, 0.3) is 16.9 Å². The monoisotopic (exact) mass is 488 g/mol. The highest BCUT2D eigenvalue weighted by Crippen LogP contribution is 2.30. The van der Waals surface area contributed by atoms with Crippen molar-refractivity contribution < 1.29 is 13.9 Å². The molecule has 5 rings (SSSR count). The van der Waals surface area contributed by atoms with Gasteiger partial charge in [0.15, 0.2) is 5.65 Å². The van der Waals surface area contributed by atoms with Crippen LogP contribution in [0.3, 0.4) is 0 Å². The molecule has 0 radical (unpaired) electrons. The number of carbonyl (C=O) groups is 1. The van der Waals surface area contributed by atoms with Crippen LogP contribution in [-0.2, 0) is 0 Å². The highest BCUT2D eigenvalue weighted by Gasteiger charge is 2.24. The van der Waals surface area contributed by atoms with Crippen LogP contribution in [0.4, 0.5) is 10.1 Å². The summed E-state index contributed by atoms with van der Waals surface area (Å²) < 4.78 is 21.3. The topological polar surface area (TPSA) is 83.8 Å². The van der Waals surface area contributed by atoms with Crippen LogP contribution in [0, 0.1) is 12.7 Å². The fourth-order valence-electron chi connectivity index (χ4n) is 3.96. The van der Waals surface area contributed by atoms with Gasteiger partial charge in [-0.15, -0.1) is 5.10 Å². The first-order valence-corrected chi connectivity index (χ1v) is 12.0. The van der Waals surface area contributed by atoms with E-state index in [9.17, 15) is 9.18 Å². The summed E-state index contributed by atoms with van der Waals surface area (Å²) in [4.78, 5) is 19.3. The van der Waals surface area contributed by atoms with Gasteiger partial charge in [-0.1, -0.05) is 12.1 Å². The molecular formula is C27H29FN6O2. The number of amides is 1. The first kappa shape index (κ1) is 23.7. The maximum Gasteiger partial charge on any atom is 0.251 e. The Morgan fingerprint density at radius 1 is 1.19 bits per heavy atom. The maximum absolute atomic E-state index is 13.7. The fraction of sp³-hybridized carbons (Fsp3) is 0.296. The summed E-state index contributed by atoms with van der Waals surface area (Å²) in [5.41, 5.74) is 4.55. The minimum absolute atomic E-state index is 0.0454. The summed E-state index contributed by atoms with van der Waals surface area (Å²) in [6.45, 7) is 3.44. The number of hydrogen-bond acceptors (Lipinski definition) is 6. The zero-order valence-electron chi connectivity index (χ0n) is 20.6. The number of nitrogens with one attached hydrogen (secondary N) is 2. The van der Waals surface area contributed by atoms with Gasteiger partial charge in [0.25, 0.3) is 5.91 Å². The normalized spacial score (nSPS) is 13.2. The highest BCUT2D eigenvalue weighted by molar-refractivity contribution is 5.96. The van der Waals surface area contributed by atoms with Crippen molar-refractivity contribution in [2.24, 2.45) is 0 Å². The molecule has 0 bridgehead atoms. The van der Waals surface area contributed by atoms with Crippen LogP contribution < -0.4 is 15.4 Å². The Morgan fingerprint density at radius 3 is 2.75 bits per heavy atom. The zero-order valence-corrected chi connectivity index (χ0v) is 20.6. The Morgan fingerprint density at radius 2 is 2.03 bits per heavy atom. The van der Waals surface area contributed by atoms with Gasteiger partial charge in [0.05, 0.1) is 17.6 Å². The molecule has 0 saturated heterocycles. The average molecular weight is 489 g/mol. The lowest BCUT2D eigenvalue weighted by Gasteiger charge is -2.14. The number of ether oxygens (including phenoxy) is 1. The van der Waals surface area contributed by atoms with Crippen LogP contribution >= 0.6 is 0 Å². The van der Waals surface area contributed by atoms with E-state index in [4.69, 9.17) is 4.74 Å². The second-order valence-electron chi connectivity index (χ2n) is 9.34. The first-order valence-electron chi connectivity index (χ1n) is 12.0. The SMILES string of the molecule is Cc1cc(-c2cnc3c(NCCN(C)C)cc(Oc4cccc(F)c4)nn23)ccc1C(=O)NC1CC1. The summed E-state index contributed by atoms with van der Waals surface area (Å²) >= 11 is 0. The molecule has 36 heavy (non-hydrogen) atoms. The summed E-state index contributed by atoms with van der Waals surface area (Å²) in [7, 11) is 4.01. The summed E-state index contributed by atoms with van der Waals surface area (Å²) in [6.07, 6.45) is 3.84. The Kier molecular flexibility index (Phi) is 6.56. The smallest absolute Gasteiger partial charge is 0.251 e. The molecule has 1 aliphatic carbocycles. The minimum atomic E-state index is -0.387. The summed E-state index contributed by atoms with van der Waals surface area (Å²) in [5.74, 6) is 0.222. The molecule has 0 atom stereocenters. The molecule has 1 saturated carbocycles. The van der Waals surface area contributed by atoms with Crippen molar-refractivity contribution in [3.8, 4) is 22.9 Å². The van der Waals surface area contributed by atoms with Gasteiger partial charge in [-0.2, -0.15) is 0 Å². The van der Waals surface area contributed by atoms with E-state index in [1.807, 2.05) is 39.2 Å². The second-order valence-corrected chi connectivity index (χ2v) is 9.34. The summed E-state index contributed by atoms with van der Waals surface area (Å²) in [6, 6.07) is 13.7. The van der Waals surface area contributed by atoms with Crippen LogP contribution in [0.1, 0.15) is 28.8 Å². The number of anilines is 1. The van der Waals surface area contributed by atoms with Crippen molar-refractivity contribution in [1.82, 2.24) is 24.8 Å². The molecule has 1 fully saturated rings. The Bertz CT molecular complexity index is 1410. The molecule has 9 heteroatoms. The Balaban J connectivity index is 1.51. The molecule has 1 aliphatic rings. The maximum atomic E-state index is 13.7. The molecule has 1 amide bonds. The minimum Gasteiger partial charge on any atom is -0.437 e. The number of carbonyl (C=O) groups excluding carboxylic acids is 1. The number of imidazole rings is 1. The van der Waals surface area contributed by atoms with E-state index in [0.29, 0.717) is 35.4 Å². The number of aryl methyl sites for hydroxylation is 1. The van der Waals surface area contributed by atoms with E-state index in [1.165, 1.54) is 12.1 Å². The van der Waals surface area contributed by atoms with Gasteiger partial charge in [0.1, 0.15) is 11.6 Å². The molecule has 4 aromatic rings. The fourth-order valence-corrected chi connectivity index (χ4v) is 3.96. The number of nitrogens with zero attached hydrogens (tertiary/aromatic N) is 4. The average Bonchev–Trinajstić information content (AvgIpc) is 3.54. The van der Waals surface area contributed by atoms with Crippen LogP contribution in [0.2, 0.25) is 0 Å². The number of rotatable bonds is 9. The lowest BCUT2D eigenvalue weighted by Crippen LogP contribution is -2.26. The van der Waals surface area contributed by atoms with Gasteiger partial charge < -0.3 is 20.3 Å². The van der Waals surface area contributed by atoms with Crippen molar-refractivity contribution >= 4 is 17.2 Å². The summed E-state index contributed by atoms with van der Waals surface area (Å²) in [5, 5.41) is 11.1. The van der Waals surface area contributed by atoms with Gasteiger partial charge in [0, 0.05) is 42.4 Å². The van der Waals surface area contributed by atoms with Crippen LogP contribution in [0.15, 0.2) is 54.7 Å². The lowest BCUT2D eigenvalue weighted by molar-refractivity contribution is 0.0950. The van der Waals surface area contributed by atoms with Crippen LogP contribution in [0.5, 0.6) is 11.6 Å². The molecule has 2 N–H and O–H groups in total. The molecule has 0 unspecified atom stereocenters. The Labute approximate surface area is 209 Å². The molecule has 2 aromatic carbocycles. The van der Waals surface area contributed by atoms with Gasteiger partial charge >= 0.3 is 0 Å². The van der Waals surface area contributed by atoms with Crippen LogP contribution in [-0.4, -0.2) is 58.6 Å². The standard InChI is InChI=1S/C27H29FN6O2/c1-17-13-18(7-10-22(17)27(35)31-20-8-9-20)24-16-30-26-23(29-11-12-33(2)3)15-25(32-34(24)26)36-21-6-4-5-19(28)14-21/h4-7,10,13-16,20,29H,8-9,11-12H2,1-3H3,(H,31,35). The second kappa shape index (κ2) is 9.94. The molecule has 2 aromatic heterocycles. The van der Waals surface area contributed by atoms with Gasteiger partial charge in [-0.05, 0) is 63.7 Å². The van der Waals surface area contributed by atoms with E-state index in [2.05, 4.69) is 25.6 Å². The van der Waals surface area contributed by atoms with Gasteiger partial charge in [-0.3, -0.25) is 4.79 Å². The number of benzene rings is 2. The van der Waals surface area contributed by atoms with Gasteiger partial charge in [0.2, 0.25) is 5.88 Å². The molecule has 0 spiro atoms. The predicted molar refractivity (Wildman–Crippen MR) is 137 cm³/mol. The molecule has 186 valence electrons. The Hall–Kier alpha value is -3.98. The largest absolute Gasteiger partial charge is 0.437 e. The van der Waals surface area contributed by atoms with Crippen molar-refractivity contribution in [2.45, 2.75) is 25.8 Å². The van der Waals surface area contributed by atoms with E-state index >= 15 is 0 Å². The van der Waals surface area contributed by atoms with E-state index in [0.717, 1.165) is 41.9 Å². The number of hydrogen-bond donors (Lipinski definition) is 2. The van der Waals surface area contributed by atoms with E-state index in [-0.39, 0.29) is 11.7 Å². The predicted octanol–water partition coefficient (Wildman–Crippen LogP) is 4.50. The van der Waals surface area contributed by atoms with E-state index < -0.39 is 0 Å². The number of fused-ring (bicyclic) bond motifs is 1. The van der Waals surface area contributed by atoms with Crippen molar-refractivity contribution in [3.63, 3.8) is 0 Å². The molecule has 2 heterocycles. The molecular weight excluding hydrogens is 459 g/mol. The molecule has 8 nitrogen and oxygen atoms in total. The quantitative estimate of drug-likeness (QED) is 0.361. The highest BCUT2D eigenvalue weighted by atomic mass is 19.1. The number of halogens is 1. The number of aromatic nitrogens is 3.